The van der Waals surface area contributed by atoms with Crippen LogP contribution in [0.2, 0.25) is 0 Å². The molecule has 0 aromatic heterocycles. The van der Waals surface area contributed by atoms with E-state index in [9.17, 15) is 14.4 Å². The molecule has 1 aliphatic carbocycles. The maximum Gasteiger partial charge on any atom is 0.256 e. The van der Waals surface area contributed by atoms with Crippen LogP contribution >= 0.6 is 11.8 Å². The molecule has 4 rings (SSSR count). The minimum Gasteiger partial charge on any atom is -0.352 e. The number of carbonyl (C=O) groups is 3. The van der Waals surface area contributed by atoms with Crippen molar-refractivity contribution in [3.8, 4) is 0 Å². The number of hydrogen-bond donors (Lipinski definition) is 2. The number of rotatable bonds is 4. The fourth-order valence-corrected chi connectivity index (χ4v) is 5.83. The Morgan fingerprint density at radius 1 is 1.14 bits per heavy atom. The van der Waals surface area contributed by atoms with Gasteiger partial charge < -0.3 is 15.5 Å². The maximum atomic E-state index is 12.8. The Morgan fingerprint density at radius 2 is 1.86 bits per heavy atom. The molecule has 1 aromatic carbocycles. The fourth-order valence-electron chi connectivity index (χ4n) is 4.37. The van der Waals surface area contributed by atoms with Crippen LogP contribution in [0.25, 0.3) is 0 Å². The monoisotopic (exact) mass is 401 g/mol. The smallest absolute Gasteiger partial charge is 0.256 e. The Morgan fingerprint density at radius 3 is 2.61 bits per heavy atom. The van der Waals surface area contributed by atoms with Gasteiger partial charge in [-0.2, -0.15) is 0 Å². The molecule has 150 valence electrons. The predicted molar refractivity (Wildman–Crippen MR) is 109 cm³/mol. The van der Waals surface area contributed by atoms with Gasteiger partial charge in [-0.15, -0.1) is 11.8 Å². The molecule has 2 N–H and O–H groups in total. The van der Waals surface area contributed by atoms with Crippen molar-refractivity contribution in [2.45, 2.75) is 68.9 Å². The molecule has 1 aromatic rings. The van der Waals surface area contributed by atoms with Crippen LogP contribution in [0.1, 0.15) is 66.7 Å². The zero-order valence-corrected chi connectivity index (χ0v) is 17.0. The van der Waals surface area contributed by atoms with Gasteiger partial charge in [0, 0.05) is 17.4 Å². The predicted octanol–water partition coefficient (Wildman–Crippen LogP) is 2.60. The summed E-state index contributed by atoms with van der Waals surface area (Å²) in [7, 11) is 0. The SMILES string of the molecule is C[C@H](NC(=O)[C@@H]1CS[C@H]2c3ccccc3C(=O)N12)C(=O)NC1CCCCCC1. The highest BCUT2D eigenvalue weighted by atomic mass is 32.2. The number of benzene rings is 1. The van der Waals surface area contributed by atoms with Crippen LogP contribution in [0.3, 0.4) is 0 Å². The van der Waals surface area contributed by atoms with Crippen molar-refractivity contribution in [1.82, 2.24) is 15.5 Å². The number of nitrogens with zero attached hydrogens (tertiary/aromatic N) is 1. The van der Waals surface area contributed by atoms with Crippen LogP contribution in [-0.4, -0.2) is 46.5 Å². The third-order valence-corrected chi connectivity index (χ3v) is 7.25. The van der Waals surface area contributed by atoms with Gasteiger partial charge in [0.1, 0.15) is 17.5 Å². The van der Waals surface area contributed by atoms with Crippen LogP contribution < -0.4 is 10.6 Å². The lowest BCUT2D eigenvalue weighted by Crippen LogP contribution is -2.53. The summed E-state index contributed by atoms with van der Waals surface area (Å²) in [6.45, 7) is 1.71. The molecule has 2 fully saturated rings. The second-order valence-electron chi connectivity index (χ2n) is 7.93. The van der Waals surface area contributed by atoms with Crippen molar-refractivity contribution in [2.24, 2.45) is 0 Å². The van der Waals surface area contributed by atoms with Crippen molar-refractivity contribution in [2.75, 3.05) is 5.75 Å². The summed E-state index contributed by atoms with van der Waals surface area (Å²) < 4.78 is 0. The average Bonchev–Trinajstić information content (AvgIpc) is 3.13. The molecule has 6 nitrogen and oxygen atoms in total. The standard InChI is InChI=1S/C21H27N3O3S/c1-13(18(25)23-14-8-4-2-3-5-9-14)22-19(26)17-12-28-21-16-11-7-6-10-15(16)20(27)24(17)21/h6-7,10-11,13-14,17,21H,2-5,8-9,12H2,1H3,(H,22,26)(H,23,25)/t13-,17-,21-/m0/s1. The van der Waals surface area contributed by atoms with Gasteiger partial charge >= 0.3 is 0 Å². The first-order valence-corrected chi connectivity index (χ1v) is 11.2. The van der Waals surface area contributed by atoms with E-state index in [0.717, 1.165) is 31.2 Å². The molecular weight excluding hydrogens is 374 g/mol. The number of amides is 3. The Balaban J connectivity index is 1.36. The first-order valence-electron chi connectivity index (χ1n) is 10.2. The number of carbonyl (C=O) groups excluding carboxylic acids is 3. The Kier molecular flexibility index (Phi) is 5.62. The van der Waals surface area contributed by atoms with E-state index in [4.69, 9.17) is 0 Å². The molecule has 1 saturated carbocycles. The van der Waals surface area contributed by atoms with Crippen LogP contribution in [0.15, 0.2) is 24.3 Å². The number of thioether (sulfide) groups is 1. The normalized spacial score (nSPS) is 25.6. The summed E-state index contributed by atoms with van der Waals surface area (Å²) in [6, 6.07) is 6.59. The van der Waals surface area contributed by atoms with E-state index >= 15 is 0 Å². The van der Waals surface area contributed by atoms with E-state index in [1.54, 1.807) is 23.6 Å². The van der Waals surface area contributed by atoms with Gasteiger partial charge in [0.05, 0.1) is 0 Å². The zero-order valence-electron chi connectivity index (χ0n) is 16.1. The van der Waals surface area contributed by atoms with Crippen molar-refractivity contribution in [3.05, 3.63) is 35.4 Å². The third kappa shape index (κ3) is 3.64. The summed E-state index contributed by atoms with van der Waals surface area (Å²) >= 11 is 1.61. The molecule has 0 unspecified atom stereocenters. The van der Waals surface area contributed by atoms with Gasteiger partial charge in [0.2, 0.25) is 11.8 Å². The molecule has 2 heterocycles. The highest BCUT2D eigenvalue weighted by Gasteiger charge is 2.48. The van der Waals surface area contributed by atoms with Gasteiger partial charge in [-0.1, -0.05) is 43.9 Å². The molecule has 3 aliphatic rings. The van der Waals surface area contributed by atoms with Crippen molar-refractivity contribution in [3.63, 3.8) is 0 Å². The van der Waals surface area contributed by atoms with Crippen LogP contribution in [0.4, 0.5) is 0 Å². The molecule has 7 heteroatoms. The lowest BCUT2D eigenvalue weighted by molar-refractivity contribution is -0.130. The van der Waals surface area contributed by atoms with E-state index in [1.165, 1.54) is 12.8 Å². The van der Waals surface area contributed by atoms with Gasteiger partial charge in [0.15, 0.2) is 0 Å². The second-order valence-corrected chi connectivity index (χ2v) is 9.04. The number of fused-ring (bicyclic) bond motifs is 3. The quantitative estimate of drug-likeness (QED) is 0.760. The second kappa shape index (κ2) is 8.15. The molecule has 3 amide bonds. The largest absolute Gasteiger partial charge is 0.352 e. The van der Waals surface area contributed by atoms with Crippen molar-refractivity contribution >= 4 is 29.5 Å². The van der Waals surface area contributed by atoms with Gasteiger partial charge in [0.25, 0.3) is 5.91 Å². The molecule has 1 saturated heterocycles. The highest BCUT2D eigenvalue weighted by Crippen LogP contribution is 2.48. The summed E-state index contributed by atoms with van der Waals surface area (Å²) in [5, 5.41) is 5.81. The van der Waals surface area contributed by atoms with Gasteiger partial charge in [-0.25, -0.2) is 0 Å². The average molecular weight is 402 g/mol. The zero-order chi connectivity index (χ0) is 19.7. The topological polar surface area (TPSA) is 78.5 Å². The van der Waals surface area contributed by atoms with Gasteiger partial charge in [-0.05, 0) is 31.4 Å². The molecular formula is C21H27N3O3S. The minimum absolute atomic E-state index is 0.0960. The van der Waals surface area contributed by atoms with E-state index in [0.29, 0.717) is 11.3 Å². The Bertz CT molecular complexity index is 776. The Hall–Kier alpha value is -2.02. The summed E-state index contributed by atoms with van der Waals surface area (Å²) in [5.74, 6) is 0.0625. The molecule has 3 atom stereocenters. The number of nitrogens with one attached hydrogen (secondary N) is 2. The van der Waals surface area contributed by atoms with Crippen LogP contribution in [-0.2, 0) is 9.59 Å². The highest BCUT2D eigenvalue weighted by molar-refractivity contribution is 7.99. The number of hydrogen-bond acceptors (Lipinski definition) is 4. The summed E-state index contributed by atoms with van der Waals surface area (Å²) in [6.07, 6.45) is 6.76. The summed E-state index contributed by atoms with van der Waals surface area (Å²) in [4.78, 5) is 39.8. The first-order chi connectivity index (χ1) is 13.6. The Labute approximate surface area is 169 Å². The van der Waals surface area contributed by atoms with Crippen molar-refractivity contribution in [1.29, 1.82) is 0 Å². The lowest BCUT2D eigenvalue weighted by atomic mass is 10.1. The third-order valence-electron chi connectivity index (χ3n) is 5.95. The van der Waals surface area contributed by atoms with E-state index < -0.39 is 12.1 Å². The van der Waals surface area contributed by atoms with E-state index in [-0.39, 0.29) is 29.1 Å². The fraction of sp³-hybridized carbons (Fsp3) is 0.571. The van der Waals surface area contributed by atoms with Crippen LogP contribution in [0, 0.1) is 0 Å². The van der Waals surface area contributed by atoms with Crippen molar-refractivity contribution < 1.29 is 14.4 Å². The van der Waals surface area contributed by atoms with Gasteiger partial charge in [-0.3, -0.25) is 14.4 Å². The van der Waals surface area contributed by atoms with Crippen LogP contribution in [0.5, 0.6) is 0 Å². The molecule has 28 heavy (non-hydrogen) atoms. The molecule has 2 aliphatic heterocycles. The molecule has 0 bridgehead atoms. The maximum absolute atomic E-state index is 12.8. The first kappa shape index (κ1) is 19.3. The minimum atomic E-state index is -0.611. The lowest BCUT2D eigenvalue weighted by Gasteiger charge is -2.25. The van der Waals surface area contributed by atoms with E-state index in [1.807, 2.05) is 24.3 Å². The van der Waals surface area contributed by atoms with E-state index in [2.05, 4.69) is 10.6 Å². The molecule has 0 radical (unpaired) electrons. The summed E-state index contributed by atoms with van der Waals surface area (Å²) in [5.41, 5.74) is 1.66. The molecule has 0 spiro atoms.